The number of hydrogen-bond donors (Lipinski definition) is 1. The first-order valence-electron chi connectivity index (χ1n) is 6.55. The van der Waals surface area contributed by atoms with Crippen molar-refractivity contribution in [2.24, 2.45) is 0 Å². The Bertz CT molecular complexity index is 262. The van der Waals surface area contributed by atoms with Crippen molar-refractivity contribution in [2.45, 2.75) is 72.5 Å². The predicted molar refractivity (Wildman–Crippen MR) is 77.7 cm³/mol. The zero-order valence-electron chi connectivity index (χ0n) is 12.7. The normalized spacial score (nSPS) is 18.6. The largest absolute Gasteiger partial charge is 0.371 e. The van der Waals surface area contributed by atoms with Gasteiger partial charge in [0, 0.05) is 23.5 Å². The Morgan fingerprint density at radius 3 is 1.47 bits per heavy atom. The van der Waals surface area contributed by atoms with E-state index in [4.69, 9.17) is 0 Å². The summed E-state index contributed by atoms with van der Waals surface area (Å²) in [5.41, 5.74) is 0.380. The standard InChI is InChI=1S/C13H29N3Si/c1-11(2)14-17-15(12(3,4)5)9-10-16(17)13(6,7)8/h9-11,14,17H,1-8H3. The fourth-order valence-electron chi connectivity index (χ4n) is 2.08. The Balaban J connectivity index is 2.94. The van der Waals surface area contributed by atoms with Gasteiger partial charge in [0.2, 0.25) is 0 Å². The monoisotopic (exact) mass is 255 g/mol. The average molecular weight is 255 g/mol. The first kappa shape index (κ1) is 14.6. The summed E-state index contributed by atoms with van der Waals surface area (Å²) in [6.45, 7) is 18.2. The molecule has 1 aliphatic rings. The van der Waals surface area contributed by atoms with E-state index in [1.807, 2.05) is 0 Å². The molecule has 0 aromatic rings. The molecule has 0 spiro atoms. The molecular formula is C13H29N3Si. The molecule has 1 N–H and O–H groups in total. The van der Waals surface area contributed by atoms with Crippen LogP contribution in [0, 0.1) is 0 Å². The SMILES string of the molecule is CC(C)N[SiH]1N(C(C)(C)C)C=CN1C(C)(C)C. The van der Waals surface area contributed by atoms with Gasteiger partial charge < -0.3 is 14.1 Å². The molecule has 3 nitrogen and oxygen atoms in total. The number of hydrogen-bond acceptors (Lipinski definition) is 3. The Labute approximate surface area is 109 Å². The van der Waals surface area contributed by atoms with Gasteiger partial charge >= 0.3 is 9.28 Å². The highest BCUT2D eigenvalue weighted by molar-refractivity contribution is 6.52. The van der Waals surface area contributed by atoms with Crippen LogP contribution in [0.15, 0.2) is 12.4 Å². The molecule has 0 fully saturated rings. The third-order valence-electron chi connectivity index (χ3n) is 2.95. The maximum atomic E-state index is 3.78. The topological polar surface area (TPSA) is 18.5 Å². The van der Waals surface area contributed by atoms with Gasteiger partial charge in [-0.15, -0.1) is 0 Å². The van der Waals surface area contributed by atoms with Crippen LogP contribution in [-0.2, 0) is 0 Å². The van der Waals surface area contributed by atoms with E-state index in [2.05, 4.69) is 81.9 Å². The van der Waals surface area contributed by atoms with Crippen molar-refractivity contribution in [3.63, 3.8) is 0 Å². The Kier molecular flexibility index (Phi) is 3.99. The lowest BCUT2D eigenvalue weighted by atomic mass is 10.1. The lowest BCUT2D eigenvalue weighted by Gasteiger charge is -2.45. The fourth-order valence-corrected chi connectivity index (χ4v) is 5.21. The fraction of sp³-hybridized carbons (Fsp3) is 0.846. The summed E-state index contributed by atoms with van der Waals surface area (Å²) >= 11 is 0. The smallest absolute Gasteiger partial charge is 0.330 e. The molecule has 4 heteroatoms. The Morgan fingerprint density at radius 2 is 1.24 bits per heavy atom. The molecule has 1 aliphatic heterocycles. The van der Waals surface area contributed by atoms with Gasteiger partial charge in [0.15, 0.2) is 0 Å². The highest BCUT2D eigenvalue weighted by Gasteiger charge is 2.40. The van der Waals surface area contributed by atoms with Crippen molar-refractivity contribution in [3.05, 3.63) is 12.4 Å². The second kappa shape index (κ2) is 4.65. The zero-order valence-corrected chi connectivity index (χ0v) is 13.9. The number of nitrogens with one attached hydrogen (secondary N) is 1. The highest BCUT2D eigenvalue weighted by atomic mass is 28.3. The van der Waals surface area contributed by atoms with Crippen molar-refractivity contribution in [1.82, 2.24) is 14.1 Å². The zero-order chi connectivity index (χ0) is 13.4. The van der Waals surface area contributed by atoms with Gasteiger partial charge in [0.05, 0.1) is 0 Å². The van der Waals surface area contributed by atoms with Crippen molar-refractivity contribution < 1.29 is 0 Å². The van der Waals surface area contributed by atoms with Crippen LogP contribution < -0.4 is 4.98 Å². The summed E-state index contributed by atoms with van der Waals surface area (Å²) < 4.78 is 5.05. The molecule has 0 saturated carbocycles. The number of rotatable bonds is 2. The van der Waals surface area contributed by atoms with Crippen LogP contribution in [0.5, 0.6) is 0 Å². The van der Waals surface area contributed by atoms with Gasteiger partial charge in [-0.1, -0.05) is 13.8 Å². The third-order valence-corrected chi connectivity index (χ3v) is 6.86. The van der Waals surface area contributed by atoms with Crippen molar-refractivity contribution >= 4 is 9.28 Å². The van der Waals surface area contributed by atoms with Crippen LogP contribution in [0.4, 0.5) is 0 Å². The molecule has 0 aliphatic carbocycles. The van der Waals surface area contributed by atoms with Crippen molar-refractivity contribution in [2.75, 3.05) is 0 Å². The van der Waals surface area contributed by atoms with Crippen LogP contribution in [0.3, 0.4) is 0 Å². The maximum Gasteiger partial charge on any atom is 0.330 e. The minimum Gasteiger partial charge on any atom is -0.371 e. The van der Waals surface area contributed by atoms with Crippen LogP contribution >= 0.6 is 0 Å². The molecule has 0 unspecified atom stereocenters. The first-order chi connectivity index (χ1) is 7.53. The van der Waals surface area contributed by atoms with Crippen LogP contribution in [0.25, 0.3) is 0 Å². The van der Waals surface area contributed by atoms with Crippen molar-refractivity contribution in [3.8, 4) is 0 Å². The number of nitrogens with zero attached hydrogens (tertiary/aromatic N) is 2. The minimum absolute atomic E-state index is 0.190. The van der Waals surface area contributed by atoms with Gasteiger partial charge in [0.1, 0.15) is 0 Å². The summed E-state index contributed by atoms with van der Waals surface area (Å²) in [6.07, 6.45) is 4.52. The summed E-state index contributed by atoms with van der Waals surface area (Å²) in [5, 5.41) is 0. The van der Waals surface area contributed by atoms with Crippen LogP contribution in [0.1, 0.15) is 55.4 Å². The molecule has 0 atom stereocenters. The average Bonchev–Trinajstić information content (AvgIpc) is 2.43. The van der Waals surface area contributed by atoms with E-state index in [1.165, 1.54) is 0 Å². The van der Waals surface area contributed by atoms with E-state index >= 15 is 0 Å². The summed E-state index contributed by atoms with van der Waals surface area (Å²) in [7, 11) is -1.31. The molecule has 0 bridgehead atoms. The lowest BCUT2D eigenvalue weighted by Crippen LogP contribution is -2.64. The van der Waals surface area contributed by atoms with Gasteiger partial charge in [-0.25, -0.2) is 0 Å². The van der Waals surface area contributed by atoms with Gasteiger partial charge in [-0.05, 0) is 47.6 Å². The molecule has 0 saturated heterocycles. The third kappa shape index (κ3) is 3.49. The van der Waals surface area contributed by atoms with E-state index in [0.717, 1.165) is 0 Å². The second-order valence-electron chi connectivity index (χ2n) is 7.15. The first-order valence-corrected chi connectivity index (χ1v) is 8.16. The summed E-state index contributed by atoms with van der Waals surface area (Å²) in [4.78, 5) is 3.78. The summed E-state index contributed by atoms with van der Waals surface area (Å²) in [5.74, 6) is 0. The summed E-state index contributed by atoms with van der Waals surface area (Å²) in [6, 6.07) is 0.529. The molecule has 0 aromatic heterocycles. The van der Waals surface area contributed by atoms with Crippen LogP contribution in [-0.4, -0.2) is 35.5 Å². The quantitative estimate of drug-likeness (QED) is 0.764. The van der Waals surface area contributed by atoms with E-state index in [0.29, 0.717) is 6.04 Å². The minimum atomic E-state index is -1.31. The van der Waals surface area contributed by atoms with E-state index in [-0.39, 0.29) is 11.1 Å². The second-order valence-corrected chi connectivity index (χ2v) is 9.34. The van der Waals surface area contributed by atoms with Gasteiger partial charge in [-0.2, -0.15) is 0 Å². The molecule has 1 heterocycles. The van der Waals surface area contributed by atoms with Gasteiger partial charge in [-0.3, -0.25) is 0 Å². The Morgan fingerprint density at radius 1 is 0.882 bits per heavy atom. The lowest BCUT2D eigenvalue weighted by molar-refractivity contribution is 0.270. The van der Waals surface area contributed by atoms with Crippen LogP contribution in [0.2, 0.25) is 0 Å². The maximum absolute atomic E-state index is 3.78. The predicted octanol–water partition coefficient (Wildman–Crippen LogP) is 2.39. The van der Waals surface area contributed by atoms with Crippen molar-refractivity contribution in [1.29, 1.82) is 0 Å². The molecule has 0 radical (unpaired) electrons. The van der Waals surface area contributed by atoms with Gasteiger partial charge in [0.25, 0.3) is 0 Å². The van der Waals surface area contributed by atoms with E-state index < -0.39 is 9.28 Å². The molecule has 17 heavy (non-hydrogen) atoms. The molecule has 0 aromatic carbocycles. The molecule has 1 rings (SSSR count). The van der Waals surface area contributed by atoms with E-state index in [1.54, 1.807) is 0 Å². The molecule has 100 valence electrons. The Hall–Kier alpha value is -0.483. The molecular weight excluding hydrogens is 226 g/mol. The highest BCUT2D eigenvalue weighted by Crippen LogP contribution is 2.27. The molecule has 0 amide bonds. The van der Waals surface area contributed by atoms with E-state index in [9.17, 15) is 0 Å².